The lowest BCUT2D eigenvalue weighted by Crippen LogP contribution is -2.53. The van der Waals surface area contributed by atoms with Gasteiger partial charge in [0, 0.05) is 19.5 Å². The fraction of sp³-hybridized carbons (Fsp3) is 0.857. The molecule has 2 fully saturated rings. The summed E-state index contributed by atoms with van der Waals surface area (Å²) < 4.78 is 0. The summed E-state index contributed by atoms with van der Waals surface area (Å²) in [5, 5.41) is 2.80. The first-order valence-electron chi connectivity index (χ1n) is 7.09. The second-order valence-electron chi connectivity index (χ2n) is 6.15. The van der Waals surface area contributed by atoms with Crippen LogP contribution in [0.5, 0.6) is 0 Å². The standard InChI is InChI=1S/C14H24N2O2/c1-14(2)13(18)16(10-8-12(17)15-14)9-7-11-5-3-4-6-11/h11H,3-10H2,1-2H3,(H,15,17). The summed E-state index contributed by atoms with van der Waals surface area (Å²) in [5.74, 6) is 0.830. The van der Waals surface area contributed by atoms with Crippen molar-refractivity contribution in [3.8, 4) is 0 Å². The van der Waals surface area contributed by atoms with Gasteiger partial charge in [0.15, 0.2) is 0 Å². The summed E-state index contributed by atoms with van der Waals surface area (Å²) in [4.78, 5) is 25.8. The summed E-state index contributed by atoms with van der Waals surface area (Å²) in [7, 11) is 0. The summed E-state index contributed by atoms with van der Waals surface area (Å²) in [6.07, 6.45) is 6.81. The molecule has 2 aliphatic rings. The number of carbonyl (C=O) groups is 2. The van der Waals surface area contributed by atoms with Crippen LogP contribution >= 0.6 is 0 Å². The van der Waals surface area contributed by atoms with E-state index in [4.69, 9.17) is 0 Å². The Bertz CT molecular complexity index is 333. The van der Waals surface area contributed by atoms with E-state index in [0.29, 0.717) is 13.0 Å². The molecular formula is C14H24N2O2. The van der Waals surface area contributed by atoms with E-state index >= 15 is 0 Å². The quantitative estimate of drug-likeness (QED) is 0.831. The topological polar surface area (TPSA) is 49.4 Å². The van der Waals surface area contributed by atoms with E-state index in [1.54, 1.807) is 13.8 Å². The lowest BCUT2D eigenvalue weighted by atomic mass is 10.0. The van der Waals surface area contributed by atoms with Crippen LogP contribution < -0.4 is 5.32 Å². The molecule has 1 aliphatic heterocycles. The zero-order valence-corrected chi connectivity index (χ0v) is 11.5. The molecule has 1 saturated carbocycles. The predicted molar refractivity (Wildman–Crippen MR) is 70.0 cm³/mol. The monoisotopic (exact) mass is 252 g/mol. The van der Waals surface area contributed by atoms with Crippen molar-refractivity contribution in [2.75, 3.05) is 13.1 Å². The molecule has 0 bridgehead atoms. The first kappa shape index (κ1) is 13.4. The molecule has 1 heterocycles. The molecule has 0 atom stereocenters. The van der Waals surface area contributed by atoms with Gasteiger partial charge in [-0.1, -0.05) is 25.7 Å². The zero-order chi connectivity index (χ0) is 13.2. The fourth-order valence-corrected chi connectivity index (χ4v) is 3.05. The van der Waals surface area contributed by atoms with E-state index in [0.717, 1.165) is 18.9 Å². The highest BCUT2D eigenvalue weighted by Crippen LogP contribution is 2.28. The predicted octanol–water partition coefficient (Wildman–Crippen LogP) is 1.69. The Morgan fingerprint density at radius 3 is 2.61 bits per heavy atom. The highest BCUT2D eigenvalue weighted by Gasteiger charge is 2.36. The van der Waals surface area contributed by atoms with Gasteiger partial charge in [-0.3, -0.25) is 9.59 Å². The maximum Gasteiger partial charge on any atom is 0.247 e. The average molecular weight is 252 g/mol. The normalized spacial score (nSPS) is 25.1. The Kier molecular flexibility index (Phi) is 3.93. The Balaban J connectivity index is 1.93. The summed E-state index contributed by atoms with van der Waals surface area (Å²) >= 11 is 0. The van der Waals surface area contributed by atoms with Gasteiger partial charge in [-0.2, -0.15) is 0 Å². The molecule has 2 amide bonds. The van der Waals surface area contributed by atoms with E-state index in [1.807, 2.05) is 4.90 Å². The molecule has 0 aromatic carbocycles. The number of hydrogen-bond donors (Lipinski definition) is 1. The number of nitrogens with zero attached hydrogens (tertiary/aromatic N) is 1. The van der Waals surface area contributed by atoms with Gasteiger partial charge >= 0.3 is 0 Å². The highest BCUT2D eigenvalue weighted by atomic mass is 16.2. The molecule has 1 aliphatic carbocycles. The molecule has 0 spiro atoms. The third kappa shape index (κ3) is 3.03. The van der Waals surface area contributed by atoms with Gasteiger partial charge in [-0.25, -0.2) is 0 Å². The maximum absolute atomic E-state index is 12.3. The second-order valence-corrected chi connectivity index (χ2v) is 6.15. The van der Waals surface area contributed by atoms with E-state index < -0.39 is 5.54 Å². The molecule has 18 heavy (non-hydrogen) atoms. The van der Waals surface area contributed by atoms with Crippen molar-refractivity contribution in [2.24, 2.45) is 5.92 Å². The van der Waals surface area contributed by atoms with Crippen LogP contribution in [0.2, 0.25) is 0 Å². The van der Waals surface area contributed by atoms with Crippen LogP contribution in [0.1, 0.15) is 52.4 Å². The van der Waals surface area contributed by atoms with Gasteiger partial charge in [0.25, 0.3) is 0 Å². The van der Waals surface area contributed by atoms with Crippen LogP contribution in [-0.4, -0.2) is 35.3 Å². The van der Waals surface area contributed by atoms with Crippen molar-refractivity contribution in [3.63, 3.8) is 0 Å². The molecule has 0 radical (unpaired) electrons. The Hall–Kier alpha value is -1.06. The molecule has 2 rings (SSSR count). The Morgan fingerprint density at radius 1 is 1.28 bits per heavy atom. The van der Waals surface area contributed by atoms with Gasteiger partial charge in [0.2, 0.25) is 11.8 Å². The average Bonchev–Trinajstić information content (AvgIpc) is 2.77. The number of carbonyl (C=O) groups excluding carboxylic acids is 2. The molecule has 0 aromatic rings. The third-order valence-corrected chi connectivity index (χ3v) is 4.16. The first-order chi connectivity index (χ1) is 8.49. The van der Waals surface area contributed by atoms with Crippen molar-refractivity contribution in [2.45, 2.75) is 57.9 Å². The maximum atomic E-state index is 12.3. The molecule has 4 nitrogen and oxygen atoms in total. The van der Waals surface area contributed by atoms with Crippen molar-refractivity contribution >= 4 is 11.8 Å². The van der Waals surface area contributed by atoms with Gasteiger partial charge in [0.05, 0.1) is 0 Å². The van der Waals surface area contributed by atoms with Crippen LogP contribution in [-0.2, 0) is 9.59 Å². The Morgan fingerprint density at radius 2 is 1.94 bits per heavy atom. The van der Waals surface area contributed by atoms with Gasteiger partial charge in [-0.15, -0.1) is 0 Å². The molecule has 0 unspecified atom stereocenters. The minimum atomic E-state index is -0.747. The van der Waals surface area contributed by atoms with Gasteiger partial charge < -0.3 is 10.2 Å². The van der Waals surface area contributed by atoms with Crippen LogP contribution in [0.15, 0.2) is 0 Å². The molecule has 1 N–H and O–H groups in total. The molecule has 4 heteroatoms. The highest BCUT2D eigenvalue weighted by molar-refractivity contribution is 5.92. The summed E-state index contributed by atoms with van der Waals surface area (Å²) in [6.45, 7) is 4.96. The van der Waals surface area contributed by atoms with Crippen molar-refractivity contribution in [1.82, 2.24) is 10.2 Å². The minimum Gasteiger partial charge on any atom is -0.342 e. The fourth-order valence-electron chi connectivity index (χ4n) is 3.05. The van der Waals surface area contributed by atoms with Crippen LogP contribution in [0.25, 0.3) is 0 Å². The van der Waals surface area contributed by atoms with Crippen LogP contribution in [0, 0.1) is 5.92 Å². The Labute approximate surface area is 109 Å². The van der Waals surface area contributed by atoms with Crippen molar-refractivity contribution < 1.29 is 9.59 Å². The first-order valence-corrected chi connectivity index (χ1v) is 7.09. The molecular weight excluding hydrogens is 228 g/mol. The minimum absolute atomic E-state index is 0.0169. The van der Waals surface area contributed by atoms with Crippen LogP contribution in [0.3, 0.4) is 0 Å². The SMILES string of the molecule is CC1(C)NC(=O)CCN(CCC2CCCC2)C1=O. The van der Waals surface area contributed by atoms with Crippen LogP contribution in [0.4, 0.5) is 0 Å². The van der Waals surface area contributed by atoms with Crippen molar-refractivity contribution in [1.29, 1.82) is 0 Å². The van der Waals surface area contributed by atoms with E-state index in [9.17, 15) is 9.59 Å². The molecule has 1 saturated heterocycles. The lowest BCUT2D eigenvalue weighted by Gasteiger charge is -2.29. The zero-order valence-electron chi connectivity index (χ0n) is 11.5. The number of nitrogens with one attached hydrogen (secondary N) is 1. The van der Waals surface area contributed by atoms with E-state index in [1.165, 1.54) is 25.7 Å². The van der Waals surface area contributed by atoms with E-state index in [2.05, 4.69) is 5.32 Å². The number of amides is 2. The summed E-state index contributed by atoms with van der Waals surface area (Å²) in [6, 6.07) is 0. The summed E-state index contributed by atoms with van der Waals surface area (Å²) in [5.41, 5.74) is -0.747. The van der Waals surface area contributed by atoms with E-state index in [-0.39, 0.29) is 11.8 Å². The lowest BCUT2D eigenvalue weighted by molar-refractivity contribution is -0.137. The third-order valence-electron chi connectivity index (χ3n) is 4.16. The number of hydrogen-bond acceptors (Lipinski definition) is 2. The van der Waals surface area contributed by atoms with Crippen molar-refractivity contribution in [3.05, 3.63) is 0 Å². The number of rotatable bonds is 3. The smallest absolute Gasteiger partial charge is 0.247 e. The largest absolute Gasteiger partial charge is 0.342 e. The molecule has 102 valence electrons. The second kappa shape index (κ2) is 5.29. The molecule has 0 aromatic heterocycles. The van der Waals surface area contributed by atoms with Gasteiger partial charge in [-0.05, 0) is 26.2 Å². The van der Waals surface area contributed by atoms with Gasteiger partial charge in [0.1, 0.15) is 5.54 Å².